The summed E-state index contributed by atoms with van der Waals surface area (Å²) in [5.41, 5.74) is 1.85. The van der Waals surface area contributed by atoms with Crippen LogP contribution in [0.15, 0.2) is 30.6 Å². The third kappa shape index (κ3) is 3.51. The fourth-order valence-corrected chi connectivity index (χ4v) is 4.48. The summed E-state index contributed by atoms with van der Waals surface area (Å²) in [4.78, 5) is 23.9. The number of carboxylic acids is 1. The second-order valence-corrected chi connectivity index (χ2v) is 7.79. The van der Waals surface area contributed by atoms with Crippen LogP contribution in [0.2, 0.25) is 5.28 Å². The van der Waals surface area contributed by atoms with E-state index in [1.165, 1.54) is 24.2 Å². The molecule has 1 saturated heterocycles. The number of halogens is 1. The first kappa shape index (κ1) is 18.9. The largest absolute Gasteiger partial charge is 0.478 e. The lowest BCUT2D eigenvalue weighted by Gasteiger charge is -2.17. The van der Waals surface area contributed by atoms with Crippen molar-refractivity contribution in [2.75, 3.05) is 11.1 Å². The Morgan fingerprint density at radius 1 is 1.36 bits per heavy atom. The van der Waals surface area contributed by atoms with Gasteiger partial charge in [-0.25, -0.2) is 9.78 Å². The first-order valence-corrected chi connectivity index (χ1v) is 9.80. The Hall–Kier alpha value is -2.40. The average Bonchev–Trinajstić information content (AvgIpc) is 3.23. The number of nitrogens with zero attached hydrogens (tertiary/aromatic N) is 4. The van der Waals surface area contributed by atoms with Crippen molar-refractivity contribution in [3.05, 3.63) is 47.0 Å². The van der Waals surface area contributed by atoms with Gasteiger partial charge >= 0.3 is 5.97 Å². The molecule has 3 heterocycles. The monoisotopic (exact) mass is 421 g/mol. The molecule has 0 spiro atoms. The van der Waals surface area contributed by atoms with Gasteiger partial charge in [-0.05, 0) is 29.3 Å². The van der Waals surface area contributed by atoms with Gasteiger partial charge < -0.3 is 20.6 Å². The number of aliphatic hydroxyl groups excluding tert-OH is 2. The Morgan fingerprint density at radius 3 is 2.89 bits per heavy atom. The van der Waals surface area contributed by atoms with Gasteiger partial charge in [0.2, 0.25) is 5.28 Å². The minimum Gasteiger partial charge on any atom is -0.478 e. The number of anilines is 1. The number of carboxylic acid groups (broad SMARTS) is 1. The van der Waals surface area contributed by atoms with Gasteiger partial charge in [0.05, 0.1) is 18.0 Å². The van der Waals surface area contributed by atoms with Crippen molar-refractivity contribution < 1.29 is 20.1 Å². The van der Waals surface area contributed by atoms with Crippen molar-refractivity contribution >= 4 is 46.3 Å². The zero-order valence-electron chi connectivity index (χ0n) is 14.4. The molecule has 4 rings (SSSR count). The number of hydrogen-bond acceptors (Lipinski definition) is 8. The Labute approximate surface area is 168 Å². The standard InChI is InChI=1S/C17H16ClN5O4S/c18-17-21-13(19-5-8-2-1-3-9(4-8)16(26)27)11-14(22-17)23(7-20-11)15-12(25)10(24)6-28-15/h1-4,7,10,12,15,24-25H,5-6H2,(H,26,27)(H,19,21,22)/t10-,12?,15?/m0/s1. The summed E-state index contributed by atoms with van der Waals surface area (Å²) in [6.07, 6.45) is -0.222. The summed E-state index contributed by atoms with van der Waals surface area (Å²) < 4.78 is 1.67. The molecule has 3 aromatic rings. The second kappa shape index (κ2) is 7.55. The molecular weight excluding hydrogens is 406 g/mol. The van der Waals surface area contributed by atoms with E-state index in [0.29, 0.717) is 29.3 Å². The third-order valence-electron chi connectivity index (χ3n) is 4.43. The molecule has 4 N–H and O–H groups in total. The van der Waals surface area contributed by atoms with Crippen molar-refractivity contribution in [2.24, 2.45) is 0 Å². The van der Waals surface area contributed by atoms with Crippen LogP contribution in [0.3, 0.4) is 0 Å². The van der Waals surface area contributed by atoms with Crippen molar-refractivity contribution in [1.29, 1.82) is 0 Å². The van der Waals surface area contributed by atoms with Crippen LogP contribution in [-0.2, 0) is 6.54 Å². The predicted molar refractivity (Wildman–Crippen MR) is 105 cm³/mol. The van der Waals surface area contributed by atoms with Gasteiger partial charge in [0.25, 0.3) is 0 Å². The van der Waals surface area contributed by atoms with Crippen LogP contribution in [0.4, 0.5) is 5.82 Å². The molecule has 1 fully saturated rings. The van der Waals surface area contributed by atoms with Crippen molar-refractivity contribution in [1.82, 2.24) is 19.5 Å². The number of aromatic nitrogens is 4. The fourth-order valence-electron chi connectivity index (χ4n) is 3.03. The number of rotatable bonds is 5. The maximum absolute atomic E-state index is 11.1. The molecule has 0 saturated carbocycles. The maximum Gasteiger partial charge on any atom is 0.335 e. The molecule has 1 aliphatic heterocycles. The number of hydrogen-bond donors (Lipinski definition) is 4. The topological polar surface area (TPSA) is 133 Å². The van der Waals surface area contributed by atoms with Crippen LogP contribution >= 0.6 is 23.4 Å². The summed E-state index contributed by atoms with van der Waals surface area (Å²) in [6.45, 7) is 0.315. The van der Waals surface area contributed by atoms with Crippen LogP contribution < -0.4 is 5.32 Å². The number of aromatic carboxylic acids is 1. The molecule has 0 bridgehead atoms. The maximum atomic E-state index is 11.1. The molecule has 3 atom stereocenters. The molecule has 0 radical (unpaired) electrons. The first-order chi connectivity index (χ1) is 13.4. The number of imidazole rings is 1. The molecule has 2 unspecified atom stereocenters. The van der Waals surface area contributed by atoms with E-state index >= 15 is 0 Å². The van der Waals surface area contributed by atoms with E-state index in [0.717, 1.165) is 5.56 Å². The summed E-state index contributed by atoms with van der Waals surface area (Å²) in [7, 11) is 0. The van der Waals surface area contributed by atoms with Gasteiger partial charge in [-0.15, -0.1) is 11.8 Å². The average molecular weight is 422 g/mol. The van der Waals surface area contributed by atoms with E-state index in [4.69, 9.17) is 16.7 Å². The Bertz CT molecular complexity index is 1050. The van der Waals surface area contributed by atoms with Crippen LogP contribution in [0.1, 0.15) is 21.3 Å². The SMILES string of the molecule is O=C(O)c1cccc(CNc2nc(Cl)nc3c2ncn3C2SC[C@H](O)C2O)c1. The molecular formula is C17H16ClN5O4S. The minimum atomic E-state index is -0.997. The van der Waals surface area contributed by atoms with Crippen LogP contribution in [0.5, 0.6) is 0 Å². The molecule has 0 aliphatic carbocycles. The lowest BCUT2D eigenvalue weighted by Crippen LogP contribution is -2.27. The molecule has 28 heavy (non-hydrogen) atoms. The zero-order chi connectivity index (χ0) is 19.8. The van der Waals surface area contributed by atoms with Crippen molar-refractivity contribution in [3.8, 4) is 0 Å². The number of fused-ring (bicyclic) bond motifs is 1. The van der Waals surface area contributed by atoms with E-state index in [9.17, 15) is 15.0 Å². The highest BCUT2D eigenvalue weighted by atomic mass is 35.5. The van der Waals surface area contributed by atoms with E-state index in [2.05, 4.69) is 20.3 Å². The Morgan fingerprint density at radius 2 is 2.18 bits per heavy atom. The van der Waals surface area contributed by atoms with E-state index < -0.39 is 23.6 Å². The number of nitrogens with one attached hydrogen (secondary N) is 1. The number of thioether (sulfide) groups is 1. The highest BCUT2D eigenvalue weighted by Gasteiger charge is 2.36. The number of aliphatic hydroxyl groups is 2. The molecule has 2 aromatic heterocycles. The predicted octanol–water partition coefficient (Wildman–Crippen LogP) is 1.76. The van der Waals surface area contributed by atoms with Crippen LogP contribution in [-0.4, -0.2) is 58.8 Å². The van der Waals surface area contributed by atoms with Gasteiger partial charge in [-0.3, -0.25) is 4.57 Å². The first-order valence-electron chi connectivity index (χ1n) is 8.38. The molecule has 9 nitrogen and oxygen atoms in total. The van der Waals surface area contributed by atoms with E-state index in [1.54, 1.807) is 22.8 Å². The van der Waals surface area contributed by atoms with Crippen molar-refractivity contribution in [2.45, 2.75) is 24.1 Å². The number of benzene rings is 1. The van der Waals surface area contributed by atoms with E-state index in [-0.39, 0.29) is 10.8 Å². The third-order valence-corrected chi connectivity index (χ3v) is 5.98. The molecule has 1 aromatic carbocycles. The zero-order valence-corrected chi connectivity index (χ0v) is 15.9. The van der Waals surface area contributed by atoms with Crippen LogP contribution in [0, 0.1) is 0 Å². The van der Waals surface area contributed by atoms with Crippen molar-refractivity contribution in [3.63, 3.8) is 0 Å². The highest BCUT2D eigenvalue weighted by Crippen LogP contribution is 2.38. The van der Waals surface area contributed by atoms with Gasteiger partial charge in [0.1, 0.15) is 11.5 Å². The van der Waals surface area contributed by atoms with Gasteiger partial charge in [0, 0.05) is 12.3 Å². The van der Waals surface area contributed by atoms with Gasteiger partial charge in [-0.2, -0.15) is 9.97 Å². The van der Waals surface area contributed by atoms with Gasteiger partial charge in [-0.1, -0.05) is 12.1 Å². The molecule has 11 heteroatoms. The lowest BCUT2D eigenvalue weighted by molar-refractivity contribution is 0.0313. The Kier molecular flexibility index (Phi) is 5.11. The molecule has 1 aliphatic rings. The smallest absolute Gasteiger partial charge is 0.335 e. The van der Waals surface area contributed by atoms with Gasteiger partial charge in [0.15, 0.2) is 17.0 Å². The van der Waals surface area contributed by atoms with E-state index in [1.807, 2.05) is 0 Å². The highest BCUT2D eigenvalue weighted by molar-refractivity contribution is 7.99. The summed E-state index contributed by atoms with van der Waals surface area (Å²) in [5.74, 6) is -0.189. The molecule has 146 valence electrons. The van der Waals surface area contributed by atoms with Crippen LogP contribution in [0.25, 0.3) is 11.2 Å². The minimum absolute atomic E-state index is 0.00840. The fraction of sp³-hybridized carbons (Fsp3) is 0.294. The Balaban J connectivity index is 1.63. The second-order valence-electron chi connectivity index (χ2n) is 6.31. The molecule has 0 amide bonds. The quantitative estimate of drug-likeness (QED) is 0.454. The lowest BCUT2D eigenvalue weighted by atomic mass is 10.1. The number of carbonyl (C=O) groups is 1. The summed E-state index contributed by atoms with van der Waals surface area (Å²) >= 11 is 7.47. The summed E-state index contributed by atoms with van der Waals surface area (Å²) in [6, 6.07) is 6.56. The normalized spacial score (nSPS) is 21.9. The summed E-state index contributed by atoms with van der Waals surface area (Å²) in [5, 5.41) is 31.8.